The minimum absolute atomic E-state index is 0.00789. The van der Waals surface area contributed by atoms with Gasteiger partial charge in [-0.2, -0.15) is 11.8 Å². The molecule has 0 aromatic rings. The van der Waals surface area contributed by atoms with Crippen molar-refractivity contribution >= 4 is 47.4 Å². The molecular formula is C28H40N4O7S2. The topological polar surface area (TPSA) is 129 Å². The van der Waals surface area contributed by atoms with E-state index in [0.717, 1.165) is 31.1 Å². The molecule has 4 rings (SSSR count). The summed E-state index contributed by atoms with van der Waals surface area (Å²) in [6.45, 7) is 14.1. The van der Waals surface area contributed by atoms with E-state index < -0.39 is 30.1 Å². The molecule has 13 heteroatoms. The van der Waals surface area contributed by atoms with E-state index >= 15 is 0 Å². The lowest BCUT2D eigenvalue weighted by atomic mass is 9.79. The van der Waals surface area contributed by atoms with Crippen LogP contribution < -0.4 is 5.32 Å². The third-order valence-electron chi connectivity index (χ3n) is 7.88. The van der Waals surface area contributed by atoms with Crippen molar-refractivity contribution in [2.24, 2.45) is 11.8 Å². The van der Waals surface area contributed by atoms with Gasteiger partial charge in [0.15, 0.2) is 0 Å². The van der Waals surface area contributed by atoms with E-state index in [0.29, 0.717) is 17.9 Å². The van der Waals surface area contributed by atoms with Crippen molar-refractivity contribution in [3.05, 3.63) is 35.9 Å². The summed E-state index contributed by atoms with van der Waals surface area (Å²) in [6, 6.07) is -1.10. The fraction of sp³-hybridized carbons (Fsp3) is 0.643. The van der Waals surface area contributed by atoms with Crippen molar-refractivity contribution < 1.29 is 33.8 Å². The monoisotopic (exact) mass is 608 g/mol. The molecule has 226 valence electrons. The molecule has 0 bridgehead atoms. The van der Waals surface area contributed by atoms with Crippen LogP contribution in [0.5, 0.6) is 0 Å². The number of hydrogen-bond acceptors (Lipinski definition) is 10. The molecule has 0 radical (unpaired) electrons. The van der Waals surface area contributed by atoms with E-state index in [-0.39, 0.29) is 54.5 Å². The van der Waals surface area contributed by atoms with Gasteiger partial charge in [0.1, 0.15) is 25.0 Å². The van der Waals surface area contributed by atoms with E-state index in [1.807, 2.05) is 18.7 Å². The van der Waals surface area contributed by atoms with Gasteiger partial charge < -0.3 is 24.8 Å². The molecule has 4 heterocycles. The van der Waals surface area contributed by atoms with Crippen LogP contribution in [0.4, 0.5) is 4.79 Å². The number of ether oxygens (including phenoxy) is 2. The van der Waals surface area contributed by atoms with Gasteiger partial charge in [0.25, 0.3) is 0 Å². The van der Waals surface area contributed by atoms with Crippen molar-refractivity contribution in [2.45, 2.75) is 43.7 Å². The molecule has 2 N–H and O–H groups in total. The van der Waals surface area contributed by atoms with Crippen LogP contribution in [0.1, 0.15) is 20.3 Å². The molecule has 3 amide bonds. The zero-order valence-corrected chi connectivity index (χ0v) is 25.3. The second kappa shape index (κ2) is 14.1. The van der Waals surface area contributed by atoms with Crippen molar-refractivity contribution in [3.63, 3.8) is 0 Å². The summed E-state index contributed by atoms with van der Waals surface area (Å²) in [6.07, 6.45) is 1.81. The molecule has 3 saturated heterocycles. The molecule has 11 nitrogen and oxygen atoms in total. The summed E-state index contributed by atoms with van der Waals surface area (Å²) in [5.74, 6) is 0.113. The number of nitrogens with one attached hydrogen (secondary N) is 1. The Kier molecular flexibility index (Phi) is 10.8. The van der Waals surface area contributed by atoms with Crippen molar-refractivity contribution in [1.82, 2.24) is 20.0 Å². The van der Waals surface area contributed by atoms with Crippen LogP contribution in [0.3, 0.4) is 0 Å². The molecule has 3 fully saturated rings. The first-order valence-electron chi connectivity index (χ1n) is 14.0. The second-order valence-electron chi connectivity index (χ2n) is 10.6. The lowest BCUT2D eigenvalue weighted by molar-refractivity contribution is -0.164. The Balaban J connectivity index is 1.50. The van der Waals surface area contributed by atoms with Crippen molar-refractivity contribution in [3.8, 4) is 0 Å². The molecule has 0 spiro atoms. The summed E-state index contributed by atoms with van der Waals surface area (Å²) < 4.78 is 10.6. The number of esters is 1. The van der Waals surface area contributed by atoms with Gasteiger partial charge in [-0.3, -0.25) is 19.4 Å². The highest BCUT2D eigenvalue weighted by Crippen LogP contribution is 2.52. The summed E-state index contributed by atoms with van der Waals surface area (Å²) >= 11 is 3.31. The first-order chi connectivity index (χ1) is 19.7. The molecule has 41 heavy (non-hydrogen) atoms. The Labute approximate surface area is 249 Å². The lowest BCUT2D eigenvalue weighted by Gasteiger charge is -2.46. The largest absolute Gasteiger partial charge is 0.457 e. The number of β-lactam (4-membered cyclic amide) rings is 1. The molecule has 4 aliphatic heterocycles. The average Bonchev–Trinajstić information content (AvgIpc) is 3.48. The predicted molar refractivity (Wildman–Crippen MR) is 158 cm³/mol. The third-order valence-corrected chi connectivity index (χ3v) is 10.3. The molecule has 0 aliphatic carbocycles. The Morgan fingerprint density at radius 3 is 2.54 bits per heavy atom. The first-order valence-corrected chi connectivity index (χ1v) is 16.0. The molecular weight excluding hydrogens is 568 g/mol. The number of nitrogens with zero attached hydrogens (tertiary/aromatic N) is 3. The third kappa shape index (κ3) is 6.79. The fourth-order valence-electron chi connectivity index (χ4n) is 5.88. The molecule has 0 aromatic heterocycles. The maximum absolute atomic E-state index is 13.3. The molecule has 6 atom stereocenters. The van der Waals surface area contributed by atoms with Crippen LogP contribution >= 0.6 is 23.5 Å². The van der Waals surface area contributed by atoms with Gasteiger partial charge in [-0.15, -0.1) is 11.8 Å². The van der Waals surface area contributed by atoms with E-state index in [2.05, 4.69) is 23.4 Å². The van der Waals surface area contributed by atoms with Gasteiger partial charge in [-0.25, -0.2) is 9.59 Å². The number of carbonyl (C=O) groups is 4. The number of hydrogen-bond donors (Lipinski definition) is 2. The summed E-state index contributed by atoms with van der Waals surface area (Å²) in [5.41, 5.74) is 0.171. The minimum atomic E-state index is -0.862. The van der Waals surface area contributed by atoms with Gasteiger partial charge >= 0.3 is 12.1 Å². The van der Waals surface area contributed by atoms with E-state index in [1.165, 1.54) is 33.7 Å². The Morgan fingerprint density at radius 2 is 1.88 bits per heavy atom. The molecule has 0 aromatic carbocycles. The van der Waals surface area contributed by atoms with Crippen LogP contribution in [0.15, 0.2) is 35.9 Å². The Hall–Kier alpha value is -2.48. The lowest BCUT2D eigenvalue weighted by Crippen LogP contribution is -2.63. The van der Waals surface area contributed by atoms with Crippen molar-refractivity contribution in [1.29, 1.82) is 0 Å². The number of rotatable bonds is 12. The normalized spacial score (nSPS) is 28.6. The minimum Gasteiger partial charge on any atom is -0.457 e. The molecule has 2 unspecified atom stereocenters. The van der Waals surface area contributed by atoms with Gasteiger partial charge in [-0.05, 0) is 13.3 Å². The number of likely N-dealkylation sites (tertiary alicyclic amines) is 1. The summed E-state index contributed by atoms with van der Waals surface area (Å²) in [7, 11) is 0. The van der Waals surface area contributed by atoms with Gasteiger partial charge in [0.05, 0.1) is 18.1 Å². The van der Waals surface area contributed by atoms with E-state index in [4.69, 9.17) is 9.47 Å². The van der Waals surface area contributed by atoms with Gasteiger partial charge in [-0.1, -0.05) is 32.2 Å². The molecule has 4 aliphatic rings. The maximum Gasteiger partial charge on any atom is 0.410 e. The number of fused-ring (bicyclic) bond motifs is 1. The average molecular weight is 609 g/mol. The van der Waals surface area contributed by atoms with Crippen LogP contribution in [-0.4, -0.2) is 125 Å². The number of thioether (sulfide) groups is 2. The fourth-order valence-corrected chi connectivity index (χ4v) is 8.38. The quantitative estimate of drug-likeness (QED) is 0.191. The standard InChI is InChI=1S/C28H40N4O7S2/c1-5-11-38-27(36)23-24(17(3)22-21(18(4)33)26(35)32(22)23)41-19-15-20(31(16-19)28(37)39-12-6-2)25(34)29-7-8-30-9-13-40-14-10-30/h5-6,17-22,33H,1-2,7-16H2,3-4H3,(H,29,34)/t17-,18-,19+,20+,21?,22?/m1/s1. The smallest absolute Gasteiger partial charge is 0.410 e. The van der Waals surface area contributed by atoms with Gasteiger partial charge in [0.2, 0.25) is 11.8 Å². The van der Waals surface area contributed by atoms with Crippen LogP contribution in [0, 0.1) is 11.8 Å². The Morgan fingerprint density at radius 1 is 1.20 bits per heavy atom. The highest BCUT2D eigenvalue weighted by Gasteiger charge is 2.60. The zero-order valence-electron chi connectivity index (χ0n) is 23.7. The SMILES string of the molecule is C=CCOC(=O)C1=C(S[C@H]2C[C@@H](C(=O)NCCN3CCSCC3)N(C(=O)OCC=C)C2)[C@H](C)C2C([C@@H](C)O)C(=O)N12. The highest BCUT2D eigenvalue weighted by atomic mass is 32.2. The van der Waals surface area contributed by atoms with Gasteiger partial charge in [0, 0.05) is 60.3 Å². The second-order valence-corrected chi connectivity index (χ2v) is 13.2. The zero-order chi connectivity index (χ0) is 29.7. The first kappa shape index (κ1) is 31.5. The number of aliphatic hydroxyl groups is 1. The highest BCUT2D eigenvalue weighted by molar-refractivity contribution is 8.03. The van der Waals surface area contributed by atoms with Crippen molar-refractivity contribution in [2.75, 3.05) is 57.4 Å². The van der Waals surface area contributed by atoms with Crippen LogP contribution in [0.2, 0.25) is 0 Å². The number of carbonyl (C=O) groups excluding carboxylic acids is 4. The number of amides is 3. The predicted octanol–water partition coefficient (Wildman–Crippen LogP) is 1.45. The Bertz CT molecular complexity index is 1080. The van der Waals surface area contributed by atoms with Crippen LogP contribution in [-0.2, 0) is 23.9 Å². The summed E-state index contributed by atoms with van der Waals surface area (Å²) in [5, 5.41) is 13.0. The summed E-state index contributed by atoms with van der Waals surface area (Å²) in [4.78, 5) is 58.1. The van der Waals surface area contributed by atoms with E-state index in [9.17, 15) is 24.3 Å². The molecule has 0 saturated carbocycles. The van der Waals surface area contributed by atoms with Crippen LogP contribution in [0.25, 0.3) is 0 Å². The number of aliphatic hydroxyl groups excluding tert-OH is 1. The van der Waals surface area contributed by atoms with E-state index in [1.54, 1.807) is 6.92 Å². The maximum atomic E-state index is 13.3.